The van der Waals surface area contributed by atoms with Gasteiger partial charge in [0.1, 0.15) is 9.71 Å². The molecule has 3 heterocycles. The minimum atomic E-state index is -0.366. The van der Waals surface area contributed by atoms with Gasteiger partial charge in [-0.25, -0.2) is 9.78 Å². The van der Waals surface area contributed by atoms with Crippen LogP contribution in [0.4, 0.5) is 5.69 Å². The van der Waals surface area contributed by atoms with Crippen LogP contribution in [0.15, 0.2) is 30.3 Å². The summed E-state index contributed by atoms with van der Waals surface area (Å²) in [5.74, 6) is 1.63. The van der Waals surface area contributed by atoms with Gasteiger partial charge in [0, 0.05) is 16.8 Å². The summed E-state index contributed by atoms with van der Waals surface area (Å²) in [6.07, 6.45) is 0.947. The Bertz CT molecular complexity index is 951. The van der Waals surface area contributed by atoms with Gasteiger partial charge >= 0.3 is 5.97 Å². The van der Waals surface area contributed by atoms with Gasteiger partial charge in [-0.15, -0.1) is 11.3 Å². The van der Waals surface area contributed by atoms with Crippen LogP contribution < -0.4 is 5.73 Å². The topological polar surface area (TPSA) is 65.2 Å². The van der Waals surface area contributed by atoms with Crippen LogP contribution in [0.1, 0.15) is 27.9 Å². The molecule has 0 saturated heterocycles. The number of aryl methyl sites for hydroxylation is 1. The second kappa shape index (κ2) is 6.69. The van der Waals surface area contributed by atoms with Gasteiger partial charge in [-0.1, -0.05) is 30.3 Å². The van der Waals surface area contributed by atoms with Crippen molar-refractivity contribution in [3.63, 3.8) is 0 Å². The molecule has 0 unspecified atom stereocenters. The molecule has 3 aromatic rings. The highest BCUT2D eigenvalue weighted by molar-refractivity contribution is 7.98. The lowest BCUT2D eigenvalue weighted by atomic mass is 9.95. The van der Waals surface area contributed by atoms with Gasteiger partial charge in [-0.3, -0.25) is 0 Å². The van der Waals surface area contributed by atoms with E-state index < -0.39 is 0 Å². The lowest BCUT2D eigenvalue weighted by Crippen LogP contribution is -2.08. The number of hydrogen-bond donors (Lipinski definition) is 1. The Balaban J connectivity index is 2.04. The molecule has 128 valence electrons. The standard InChI is InChI=1S/C19H18N2O2S2/c1-2-23-19(22)17-16(20)15-14(11-6-4-3-5-7-11)12-10-24-9-8-13(12)21-18(15)25-17/h3-7H,2,8-10,20H2,1H3. The quantitative estimate of drug-likeness (QED) is 0.687. The molecule has 4 rings (SSSR count). The van der Waals surface area contributed by atoms with E-state index in [9.17, 15) is 4.79 Å². The molecule has 1 aromatic carbocycles. The van der Waals surface area contributed by atoms with Gasteiger partial charge < -0.3 is 10.5 Å². The number of benzene rings is 1. The number of thiophene rings is 1. The van der Waals surface area contributed by atoms with Crippen molar-refractivity contribution < 1.29 is 9.53 Å². The molecule has 1 aliphatic rings. The molecule has 25 heavy (non-hydrogen) atoms. The molecule has 0 aliphatic carbocycles. The maximum absolute atomic E-state index is 12.3. The summed E-state index contributed by atoms with van der Waals surface area (Å²) in [4.78, 5) is 18.4. The molecule has 0 atom stereocenters. The number of rotatable bonds is 3. The molecule has 0 saturated carbocycles. The lowest BCUT2D eigenvalue weighted by molar-refractivity contribution is 0.0533. The molecule has 0 fully saturated rings. The number of carbonyl (C=O) groups is 1. The third-order valence-corrected chi connectivity index (χ3v) is 6.38. The van der Waals surface area contributed by atoms with E-state index in [-0.39, 0.29) is 5.97 Å². The number of hydrogen-bond acceptors (Lipinski definition) is 6. The highest BCUT2D eigenvalue weighted by atomic mass is 32.2. The molecule has 2 N–H and O–H groups in total. The van der Waals surface area contributed by atoms with Crippen molar-refractivity contribution in [1.29, 1.82) is 0 Å². The number of carbonyl (C=O) groups excluding carboxylic acids is 1. The first-order valence-corrected chi connectivity index (χ1v) is 10.2. The predicted molar refractivity (Wildman–Crippen MR) is 105 cm³/mol. The van der Waals surface area contributed by atoms with Crippen LogP contribution in [0.25, 0.3) is 21.3 Å². The highest BCUT2D eigenvalue weighted by Gasteiger charge is 2.26. The maximum atomic E-state index is 12.3. The SMILES string of the molecule is CCOC(=O)c1sc2nc3c(c(-c4ccccc4)c2c1N)CSCC3. The molecule has 0 spiro atoms. The van der Waals surface area contributed by atoms with E-state index in [1.54, 1.807) is 6.92 Å². The fourth-order valence-electron chi connectivity index (χ4n) is 3.21. The number of nitrogens with zero attached hydrogens (tertiary/aromatic N) is 1. The summed E-state index contributed by atoms with van der Waals surface area (Å²) < 4.78 is 5.17. The Morgan fingerprint density at radius 1 is 1.32 bits per heavy atom. The van der Waals surface area contributed by atoms with E-state index in [0.29, 0.717) is 17.2 Å². The van der Waals surface area contributed by atoms with Gasteiger partial charge in [-0.2, -0.15) is 11.8 Å². The first kappa shape index (κ1) is 16.4. The predicted octanol–water partition coefficient (Wildman–Crippen LogP) is 4.51. The zero-order valence-electron chi connectivity index (χ0n) is 13.9. The molecular weight excluding hydrogens is 352 g/mol. The normalized spacial score (nSPS) is 13.6. The molecule has 0 amide bonds. The van der Waals surface area contributed by atoms with Crippen LogP contribution in [-0.2, 0) is 16.9 Å². The lowest BCUT2D eigenvalue weighted by Gasteiger charge is -2.19. The molecule has 0 bridgehead atoms. The zero-order chi connectivity index (χ0) is 17.4. The Morgan fingerprint density at radius 3 is 2.88 bits per heavy atom. The van der Waals surface area contributed by atoms with Crippen molar-refractivity contribution in [3.8, 4) is 11.1 Å². The van der Waals surface area contributed by atoms with E-state index in [0.717, 1.165) is 45.0 Å². The number of fused-ring (bicyclic) bond motifs is 2. The summed E-state index contributed by atoms with van der Waals surface area (Å²) in [5.41, 5.74) is 11.5. The van der Waals surface area contributed by atoms with Crippen LogP contribution in [0.3, 0.4) is 0 Å². The molecule has 2 aromatic heterocycles. The minimum absolute atomic E-state index is 0.332. The van der Waals surface area contributed by atoms with Gasteiger partial charge in [-0.05, 0) is 35.8 Å². The number of nitrogen functional groups attached to an aromatic ring is 1. The second-order valence-corrected chi connectivity index (χ2v) is 7.93. The second-order valence-electron chi connectivity index (χ2n) is 5.83. The molecular formula is C19H18N2O2S2. The third kappa shape index (κ3) is 2.79. The fourth-order valence-corrected chi connectivity index (χ4v) is 5.23. The van der Waals surface area contributed by atoms with E-state index in [1.165, 1.54) is 16.9 Å². The van der Waals surface area contributed by atoms with Gasteiger partial charge in [0.15, 0.2) is 0 Å². The van der Waals surface area contributed by atoms with Crippen LogP contribution in [0.5, 0.6) is 0 Å². The van der Waals surface area contributed by atoms with Gasteiger partial charge in [0.05, 0.1) is 12.3 Å². The Kier molecular flexibility index (Phi) is 4.39. The van der Waals surface area contributed by atoms with Crippen molar-refractivity contribution in [2.45, 2.75) is 19.1 Å². The molecule has 6 heteroatoms. The first-order valence-electron chi connectivity index (χ1n) is 8.24. The summed E-state index contributed by atoms with van der Waals surface area (Å²) in [5, 5.41) is 0.889. The van der Waals surface area contributed by atoms with Crippen molar-refractivity contribution in [2.75, 3.05) is 18.1 Å². The zero-order valence-corrected chi connectivity index (χ0v) is 15.5. The third-order valence-electron chi connectivity index (χ3n) is 4.32. The van der Waals surface area contributed by atoms with E-state index in [1.807, 2.05) is 30.0 Å². The van der Waals surface area contributed by atoms with Crippen molar-refractivity contribution in [3.05, 3.63) is 46.5 Å². The van der Waals surface area contributed by atoms with Crippen LogP contribution >= 0.6 is 23.1 Å². The highest BCUT2D eigenvalue weighted by Crippen LogP contribution is 2.44. The van der Waals surface area contributed by atoms with Crippen molar-refractivity contribution in [1.82, 2.24) is 4.98 Å². The fraction of sp³-hybridized carbons (Fsp3) is 0.263. The summed E-state index contributed by atoms with van der Waals surface area (Å²) in [6.45, 7) is 2.13. The van der Waals surface area contributed by atoms with Gasteiger partial charge in [0.2, 0.25) is 0 Å². The maximum Gasteiger partial charge on any atom is 0.350 e. The summed E-state index contributed by atoms with van der Waals surface area (Å²) >= 11 is 3.25. The Labute approximate surface area is 154 Å². The van der Waals surface area contributed by atoms with Crippen LogP contribution in [-0.4, -0.2) is 23.3 Å². The molecule has 4 nitrogen and oxygen atoms in total. The number of esters is 1. The number of anilines is 1. The largest absolute Gasteiger partial charge is 0.462 e. The number of ether oxygens (including phenoxy) is 1. The van der Waals surface area contributed by atoms with Crippen molar-refractivity contribution >= 4 is 45.0 Å². The van der Waals surface area contributed by atoms with Crippen LogP contribution in [0, 0.1) is 0 Å². The molecule has 1 aliphatic heterocycles. The number of aromatic nitrogens is 1. The minimum Gasteiger partial charge on any atom is -0.462 e. The average Bonchev–Trinajstić information content (AvgIpc) is 2.97. The van der Waals surface area contributed by atoms with Crippen molar-refractivity contribution in [2.24, 2.45) is 0 Å². The van der Waals surface area contributed by atoms with E-state index in [4.69, 9.17) is 15.5 Å². The Hall–Kier alpha value is -2.05. The number of nitrogens with two attached hydrogens (primary N) is 1. The van der Waals surface area contributed by atoms with Gasteiger partial charge in [0.25, 0.3) is 0 Å². The van der Waals surface area contributed by atoms with E-state index >= 15 is 0 Å². The molecule has 0 radical (unpaired) electrons. The smallest absolute Gasteiger partial charge is 0.350 e. The summed E-state index contributed by atoms with van der Waals surface area (Å²) in [6, 6.07) is 10.2. The average molecular weight is 370 g/mol. The van der Waals surface area contributed by atoms with Crippen LogP contribution in [0.2, 0.25) is 0 Å². The number of pyridine rings is 1. The summed E-state index contributed by atoms with van der Waals surface area (Å²) in [7, 11) is 0. The Morgan fingerprint density at radius 2 is 2.12 bits per heavy atom. The van der Waals surface area contributed by atoms with E-state index in [2.05, 4.69) is 12.1 Å². The monoisotopic (exact) mass is 370 g/mol. The number of thioether (sulfide) groups is 1. The first-order chi connectivity index (χ1) is 12.2.